The summed E-state index contributed by atoms with van der Waals surface area (Å²) >= 11 is 0. The maximum Gasteiger partial charge on any atom is 0.420 e. The number of nitrogens with zero attached hydrogens (tertiary/aromatic N) is 2. The van der Waals surface area contributed by atoms with Gasteiger partial charge in [-0.2, -0.15) is 0 Å². The lowest BCUT2D eigenvalue weighted by atomic mass is 10.3. The number of nitro groups is 1. The number of furan rings is 1. The van der Waals surface area contributed by atoms with E-state index in [1.807, 2.05) is 0 Å². The summed E-state index contributed by atoms with van der Waals surface area (Å²) in [6.07, 6.45) is 1.48. The van der Waals surface area contributed by atoms with Crippen LogP contribution in [-0.2, 0) is 22.7 Å². The zero-order valence-corrected chi connectivity index (χ0v) is 13.8. The zero-order valence-electron chi connectivity index (χ0n) is 13.8. The molecule has 3 rings (SSSR count). The molecular weight excluding hydrogens is 360 g/mol. The highest BCUT2D eigenvalue weighted by Gasteiger charge is 2.16. The lowest BCUT2D eigenvalue weighted by molar-refractivity contribution is -0.384. The highest BCUT2D eigenvalue weighted by Crippen LogP contribution is 2.19. The van der Waals surface area contributed by atoms with Gasteiger partial charge in [0.1, 0.15) is 12.3 Å². The molecule has 140 valence electrons. The van der Waals surface area contributed by atoms with Crippen LogP contribution in [0.5, 0.6) is 0 Å². The number of nitro benzene ring substituents is 1. The number of non-ortho nitro benzene ring substituents is 1. The topological polar surface area (TPSA) is 150 Å². The van der Waals surface area contributed by atoms with Crippen molar-refractivity contribution in [2.75, 3.05) is 6.54 Å². The SMILES string of the molecule is O=C(CNC(=O)Cn1c(=O)oc2cc([N+](=O)[O-])ccc21)NCc1ccco1. The van der Waals surface area contributed by atoms with Crippen LogP contribution in [0.1, 0.15) is 5.76 Å². The van der Waals surface area contributed by atoms with Crippen molar-refractivity contribution in [3.8, 4) is 0 Å². The fourth-order valence-electron chi connectivity index (χ4n) is 2.36. The Hall–Kier alpha value is -3.89. The molecule has 2 heterocycles. The molecule has 11 heteroatoms. The van der Waals surface area contributed by atoms with Gasteiger partial charge in [0.15, 0.2) is 5.58 Å². The van der Waals surface area contributed by atoms with Crippen LogP contribution < -0.4 is 16.4 Å². The lowest BCUT2D eigenvalue weighted by Gasteiger charge is -2.06. The first-order chi connectivity index (χ1) is 12.9. The second kappa shape index (κ2) is 7.56. The summed E-state index contributed by atoms with van der Waals surface area (Å²) < 4.78 is 11.0. The van der Waals surface area contributed by atoms with Crippen LogP contribution in [0.25, 0.3) is 11.1 Å². The predicted octanol–water partition coefficient (Wildman–Crippen LogP) is 0.528. The minimum Gasteiger partial charge on any atom is -0.467 e. The summed E-state index contributed by atoms with van der Waals surface area (Å²) in [4.78, 5) is 45.7. The number of amides is 2. The molecule has 0 atom stereocenters. The standard InChI is InChI=1S/C16H14N4O7/c21-14(17-7-11-2-1-5-26-11)8-18-15(22)9-19-12-4-3-10(20(24)25)6-13(12)27-16(19)23/h1-6H,7-9H2,(H,17,21)(H,18,22). The third-order valence-corrected chi connectivity index (χ3v) is 3.65. The number of fused-ring (bicyclic) bond motifs is 1. The van der Waals surface area contributed by atoms with E-state index in [4.69, 9.17) is 8.83 Å². The van der Waals surface area contributed by atoms with E-state index in [0.29, 0.717) is 5.76 Å². The largest absolute Gasteiger partial charge is 0.467 e. The average molecular weight is 374 g/mol. The Bertz CT molecular complexity index is 1050. The first kappa shape index (κ1) is 17.9. The van der Waals surface area contributed by atoms with Gasteiger partial charge in [-0.25, -0.2) is 4.79 Å². The van der Waals surface area contributed by atoms with E-state index in [9.17, 15) is 24.5 Å². The Morgan fingerprint density at radius 3 is 2.70 bits per heavy atom. The van der Waals surface area contributed by atoms with E-state index < -0.39 is 29.0 Å². The molecule has 2 N–H and O–H groups in total. The van der Waals surface area contributed by atoms with Gasteiger partial charge in [-0.1, -0.05) is 0 Å². The van der Waals surface area contributed by atoms with E-state index in [-0.39, 0.29) is 29.9 Å². The second-order valence-corrected chi connectivity index (χ2v) is 5.50. The molecule has 0 aliphatic heterocycles. The van der Waals surface area contributed by atoms with Crippen LogP contribution in [-0.4, -0.2) is 27.8 Å². The summed E-state index contributed by atoms with van der Waals surface area (Å²) in [7, 11) is 0. The second-order valence-electron chi connectivity index (χ2n) is 5.50. The average Bonchev–Trinajstić information content (AvgIpc) is 3.26. The van der Waals surface area contributed by atoms with Gasteiger partial charge in [0, 0.05) is 6.07 Å². The van der Waals surface area contributed by atoms with Crippen molar-refractivity contribution >= 4 is 28.6 Å². The van der Waals surface area contributed by atoms with Crippen LogP contribution >= 0.6 is 0 Å². The molecule has 0 bridgehead atoms. The molecule has 1 aromatic carbocycles. The first-order valence-corrected chi connectivity index (χ1v) is 7.77. The fraction of sp³-hybridized carbons (Fsp3) is 0.188. The van der Waals surface area contributed by atoms with Crippen molar-refractivity contribution in [1.29, 1.82) is 0 Å². The minimum absolute atomic E-state index is 0.00168. The number of oxazole rings is 1. The number of benzene rings is 1. The van der Waals surface area contributed by atoms with Crippen LogP contribution in [0.2, 0.25) is 0 Å². The van der Waals surface area contributed by atoms with E-state index in [1.165, 1.54) is 18.4 Å². The van der Waals surface area contributed by atoms with Gasteiger partial charge in [0.25, 0.3) is 5.69 Å². The molecule has 3 aromatic rings. The van der Waals surface area contributed by atoms with Crippen molar-refractivity contribution in [3.05, 3.63) is 63.0 Å². The Morgan fingerprint density at radius 2 is 2.00 bits per heavy atom. The molecule has 2 aromatic heterocycles. The van der Waals surface area contributed by atoms with Gasteiger partial charge < -0.3 is 19.5 Å². The predicted molar refractivity (Wildman–Crippen MR) is 90.7 cm³/mol. The molecule has 0 aliphatic carbocycles. The molecule has 0 radical (unpaired) electrons. The van der Waals surface area contributed by atoms with Crippen molar-refractivity contribution < 1.29 is 23.3 Å². The molecule has 0 aliphatic rings. The number of nitrogens with one attached hydrogen (secondary N) is 2. The van der Waals surface area contributed by atoms with Crippen LogP contribution in [0.3, 0.4) is 0 Å². The molecular formula is C16H14N4O7. The Kier molecular flexibility index (Phi) is 5.01. The smallest absolute Gasteiger partial charge is 0.420 e. The summed E-state index contributed by atoms with van der Waals surface area (Å²) in [6.45, 7) is -0.489. The maximum atomic E-state index is 12.0. The Morgan fingerprint density at radius 1 is 1.19 bits per heavy atom. The zero-order chi connectivity index (χ0) is 19.4. The highest BCUT2D eigenvalue weighted by molar-refractivity contribution is 5.85. The number of rotatable bonds is 7. The molecule has 0 spiro atoms. The van der Waals surface area contributed by atoms with E-state index >= 15 is 0 Å². The molecule has 0 saturated carbocycles. The monoisotopic (exact) mass is 374 g/mol. The van der Waals surface area contributed by atoms with E-state index in [2.05, 4.69) is 10.6 Å². The number of carbonyl (C=O) groups is 2. The third-order valence-electron chi connectivity index (χ3n) is 3.65. The number of aromatic nitrogens is 1. The Balaban J connectivity index is 1.59. The van der Waals surface area contributed by atoms with Crippen molar-refractivity contribution in [3.63, 3.8) is 0 Å². The number of hydrogen-bond donors (Lipinski definition) is 2. The van der Waals surface area contributed by atoms with Crippen LogP contribution in [0.15, 0.2) is 50.2 Å². The number of carbonyl (C=O) groups excluding carboxylic acids is 2. The van der Waals surface area contributed by atoms with Crippen molar-refractivity contribution in [1.82, 2.24) is 15.2 Å². The van der Waals surface area contributed by atoms with Crippen LogP contribution in [0.4, 0.5) is 5.69 Å². The van der Waals surface area contributed by atoms with Gasteiger partial charge in [-0.15, -0.1) is 0 Å². The summed E-state index contributed by atoms with van der Waals surface area (Å²) in [5, 5.41) is 15.7. The summed E-state index contributed by atoms with van der Waals surface area (Å²) in [5.74, 6) is -1.28. The fourth-order valence-corrected chi connectivity index (χ4v) is 2.36. The highest BCUT2D eigenvalue weighted by atomic mass is 16.6. The van der Waals surface area contributed by atoms with Gasteiger partial charge in [0.2, 0.25) is 11.8 Å². The lowest BCUT2D eigenvalue weighted by Crippen LogP contribution is -2.38. The molecule has 27 heavy (non-hydrogen) atoms. The van der Waals surface area contributed by atoms with Gasteiger partial charge in [-0.05, 0) is 18.2 Å². The molecule has 2 amide bonds. The molecule has 0 saturated heterocycles. The van der Waals surface area contributed by atoms with Crippen molar-refractivity contribution in [2.24, 2.45) is 0 Å². The molecule has 0 unspecified atom stereocenters. The van der Waals surface area contributed by atoms with Crippen LogP contribution in [0, 0.1) is 10.1 Å². The summed E-state index contributed by atoms with van der Waals surface area (Å²) in [6, 6.07) is 7.01. The molecule has 11 nitrogen and oxygen atoms in total. The Labute approximate surface area is 150 Å². The first-order valence-electron chi connectivity index (χ1n) is 7.77. The van der Waals surface area contributed by atoms with E-state index in [1.54, 1.807) is 12.1 Å². The van der Waals surface area contributed by atoms with Gasteiger partial charge >= 0.3 is 5.76 Å². The minimum atomic E-state index is -0.831. The summed E-state index contributed by atoms with van der Waals surface area (Å²) in [5.41, 5.74) is 0.00212. The number of hydrogen-bond acceptors (Lipinski definition) is 7. The maximum absolute atomic E-state index is 12.0. The van der Waals surface area contributed by atoms with Gasteiger partial charge in [0.05, 0.1) is 35.9 Å². The third kappa shape index (κ3) is 4.21. The normalized spacial score (nSPS) is 10.7. The van der Waals surface area contributed by atoms with Crippen molar-refractivity contribution in [2.45, 2.75) is 13.1 Å². The van der Waals surface area contributed by atoms with Gasteiger partial charge in [-0.3, -0.25) is 24.3 Å². The quantitative estimate of drug-likeness (QED) is 0.452. The molecule has 0 fully saturated rings. The van der Waals surface area contributed by atoms with E-state index in [0.717, 1.165) is 10.6 Å².